The van der Waals surface area contributed by atoms with Crippen LogP contribution in [0.4, 0.5) is 0 Å². The molecule has 0 radical (unpaired) electrons. The van der Waals surface area contributed by atoms with Crippen LogP contribution in [0, 0.1) is 0 Å². The fraction of sp³-hybridized carbons (Fsp3) is 0.333. The number of nitrogens with zero attached hydrogens (tertiary/aromatic N) is 5. The summed E-state index contributed by atoms with van der Waals surface area (Å²) in [5, 5.41) is 10.8. The predicted molar refractivity (Wildman–Crippen MR) is 83.5 cm³/mol. The zero-order chi connectivity index (χ0) is 16.1. The van der Waals surface area contributed by atoms with Crippen LogP contribution in [0.2, 0.25) is 0 Å². The van der Waals surface area contributed by atoms with Crippen LogP contribution >= 0.6 is 0 Å². The molecule has 1 aliphatic rings. The zero-order valence-electron chi connectivity index (χ0n) is 12.9. The number of carbonyl (C=O) groups is 1. The smallest absolute Gasteiger partial charge is 0.262 e. The van der Waals surface area contributed by atoms with Gasteiger partial charge in [-0.1, -0.05) is 12.1 Å². The van der Waals surface area contributed by atoms with Crippen LogP contribution in [0.1, 0.15) is 19.2 Å². The van der Waals surface area contributed by atoms with Gasteiger partial charge in [0.25, 0.3) is 5.56 Å². The molecular weight excluding hydrogens is 296 g/mol. The average molecular weight is 312 g/mol. The van der Waals surface area contributed by atoms with Crippen molar-refractivity contribution in [2.24, 2.45) is 7.05 Å². The summed E-state index contributed by atoms with van der Waals surface area (Å²) < 4.78 is 3.36. The van der Waals surface area contributed by atoms with Crippen LogP contribution < -0.4 is 11.0 Å². The Morgan fingerprint density at radius 2 is 2.04 bits per heavy atom. The second-order valence-electron chi connectivity index (χ2n) is 5.85. The molecule has 118 valence electrons. The standard InChI is InChI=1S/C15H16N6O2/c1-9-7-13(22)18-20(9)8-12-16-17-15-19(2)14(23)10-5-3-4-6-11(10)21(12)15/h3-6,9H,7-8H2,1-2H3,(H,18,22)/t9-/m0/s1. The number of carbonyl (C=O) groups excluding carboxylic acids is 1. The molecule has 4 rings (SSSR count). The Kier molecular flexibility index (Phi) is 2.95. The predicted octanol–water partition coefficient (Wildman–Crippen LogP) is 0.207. The SMILES string of the molecule is C[C@H]1CC(=O)NN1Cc1nnc2n(C)c(=O)c3ccccc3n12. The minimum atomic E-state index is -0.102. The van der Waals surface area contributed by atoms with Crippen molar-refractivity contribution in [3.8, 4) is 0 Å². The van der Waals surface area contributed by atoms with Gasteiger partial charge in [0, 0.05) is 19.5 Å². The highest BCUT2D eigenvalue weighted by Crippen LogP contribution is 2.17. The monoisotopic (exact) mass is 312 g/mol. The highest BCUT2D eigenvalue weighted by atomic mass is 16.2. The quantitative estimate of drug-likeness (QED) is 0.731. The molecule has 0 bridgehead atoms. The van der Waals surface area contributed by atoms with E-state index in [9.17, 15) is 9.59 Å². The van der Waals surface area contributed by atoms with Crippen LogP contribution in [0.3, 0.4) is 0 Å². The Morgan fingerprint density at radius 3 is 2.78 bits per heavy atom. The van der Waals surface area contributed by atoms with Gasteiger partial charge in [-0.25, -0.2) is 5.01 Å². The Morgan fingerprint density at radius 1 is 1.26 bits per heavy atom. The lowest BCUT2D eigenvalue weighted by atomic mass is 10.2. The summed E-state index contributed by atoms with van der Waals surface area (Å²) in [6.45, 7) is 2.41. The van der Waals surface area contributed by atoms with Crippen molar-refractivity contribution in [3.05, 3.63) is 40.4 Å². The van der Waals surface area contributed by atoms with Gasteiger partial charge in [-0.3, -0.25) is 24.0 Å². The van der Waals surface area contributed by atoms with Gasteiger partial charge in [0.1, 0.15) is 0 Å². The molecule has 1 atom stereocenters. The normalized spacial score (nSPS) is 18.9. The third kappa shape index (κ3) is 2.02. The van der Waals surface area contributed by atoms with E-state index < -0.39 is 0 Å². The lowest BCUT2D eigenvalue weighted by molar-refractivity contribution is -0.121. The summed E-state index contributed by atoms with van der Waals surface area (Å²) in [4.78, 5) is 23.9. The molecule has 0 spiro atoms. The lowest BCUT2D eigenvalue weighted by Gasteiger charge is -2.19. The highest BCUT2D eigenvalue weighted by molar-refractivity contribution is 5.80. The maximum absolute atomic E-state index is 12.4. The number of rotatable bonds is 2. The summed E-state index contributed by atoms with van der Waals surface area (Å²) in [5.74, 6) is 1.17. The fourth-order valence-electron chi connectivity index (χ4n) is 3.04. The van der Waals surface area contributed by atoms with E-state index in [1.807, 2.05) is 34.5 Å². The van der Waals surface area contributed by atoms with Crippen molar-refractivity contribution in [2.45, 2.75) is 25.9 Å². The largest absolute Gasteiger partial charge is 0.288 e. The van der Waals surface area contributed by atoms with Crippen molar-refractivity contribution in [1.29, 1.82) is 0 Å². The van der Waals surface area contributed by atoms with E-state index in [4.69, 9.17) is 0 Å². The number of amides is 1. The summed E-state index contributed by atoms with van der Waals surface area (Å²) in [6, 6.07) is 7.48. The number of aromatic nitrogens is 4. The Hall–Kier alpha value is -2.74. The molecule has 3 heterocycles. The first-order valence-electron chi connectivity index (χ1n) is 7.44. The third-order valence-electron chi connectivity index (χ3n) is 4.29. The Labute approximate surface area is 131 Å². The van der Waals surface area contributed by atoms with Gasteiger partial charge >= 0.3 is 0 Å². The molecule has 1 saturated heterocycles. The first-order chi connectivity index (χ1) is 11.1. The van der Waals surface area contributed by atoms with Gasteiger partial charge in [-0.15, -0.1) is 10.2 Å². The zero-order valence-corrected chi connectivity index (χ0v) is 12.9. The summed E-state index contributed by atoms with van der Waals surface area (Å²) >= 11 is 0. The number of benzene rings is 1. The fourth-order valence-corrected chi connectivity index (χ4v) is 3.04. The maximum atomic E-state index is 12.4. The second kappa shape index (κ2) is 4.88. The third-order valence-corrected chi connectivity index (χ3v) is 4.29. The van der Waals surface area contributed by atoms with Crippen molar-refractivity contribution >= 4 is 22.6 Å². The number of nitrogens with one attached hydrogen (secondary N) is 1. The van der Waals surface area contributed by atoms with Crippen LogP contribution in [0.25, 0.3) is 16.7 Å². The van der Waals surface area contributed by atoms with Crippen molar-refractivity contribution < 1.29 is 4.79 Å². The molecule has 8 heteroatoms. The Balaban J connectivity index is 1.92. The topological polar surface area (TPSA) is 84.5 Å². The van der Waals surface area contributed by atoms with Gasteiger partial charge in [0.2, 0.25) is 11.7 Å². The first-order valence-corrected chi connectivity index (χ1v) is 7.44. The number of fused-ring (bicyclic) bond motifs is 3. The minimum Gasteiger partial charge on any atom is -0.288 e. The van der Waals surface area contributed by atoms with Crippen LogP contribution in [-0.4, -0.2) is 36.1 Å². The molecule has 8 nitrogen and oxygen atoms in total. The molecule has 1 amide bonds. The molecule has 0 aliphatic carbocycles. The van der Waals surface area contributed by atoms with Crippen molar-refractivity contribution in [2.75, 3.05) is 0 Å². The van der Waals surface area contributed by atoms with Crippen molar-refractivity contribution in [1.82, 2.24) is 29.6 Å². The number of hydrogen-bond acceptors (Lipinski definition) is 5. The molecule has 1 aromatic carbocycles. The van der Waals surface area contributed by atoms with E-state index in [0.717, 1.165) is 5.52 Å². The summed E-state index contributed by atoms with van der Waals surface area (Å²) in [6.07, 6.45) is 0.468. The molecule has 1 fully saturated rings. The van der Waals surface area contributed by atoms with Gasteiger partial charge in [0.15, 0.2) is 5.82 Å². The molecule has 0 saturated carbocycles. The number of hydrogen-bond donors (Lipinski definition) is 1. The molecule has 3 aromatic rings. The van der Waals surface area contributed by atoms with Crippen LogP contribution in [0.15, 0.2) is 29.1 Å². The molecule has 1 aliphatic heterocycles. The Bertz CT molecular complexity index is 989. The van der Waals surface area contributed by atoms with E-state index in [1.165, 1.54) is 4.57 Å². The van der Waals surface area contributed by atoms with Gasteiger partial charge in [0.05, 0.1) is 17.4 Å². The van der Waals surface area contributed by atoms with E-state index in [1.54, 1.807) is 13.1 Å². The summed E-state index contributed by atoms with van der Waals surface area (Å²) in [5.41, 5.74) is 3.49. The average Bonchev–Trinajstić information content (AvgIpc) is 3.09. The van der Waals surface area contributed by atoms with Gasteiger partial charge < -0.3 is 0 Å². The van der Waals surface area contributed by atoms with Gasteiger partial charge in [-0.05, 0) is 19.1 Å². The van der Waals surface area contributed by atoms with Crippen LogP contribution in [-0.2, 0) is 18.4 Å². The van der Waals surface area contributed by atoms with E-state index >= 15 is 0 Å². The number of aryl methyl sites for hydroxylation is 1. The molecule has 2 aromatic heterocycles. The van der Waals surface area contributed by atoms with E-state index in [0.29, 0.717) is 30.0 Å². The van der Waals surface area contributed by atoms with E-state index in [-0.39, 0.29) is 17.5 Å². The maximum Gasteiger partial charge on any atom is 0.262 e. The first kappa shape index (κ1) is 13.9. The molecular formula is C15H16N6O2. The number of para-hydroxylation sites is 1. The van der Waals surface area contributed by atoms with Gasteiger partial charge in [-0.2, -0.15) is 0 Å². The molecule has 1 N–H and O–H groups in total. The second-order valence-corrected chi connectivity index (χ2v) is 5.85. The van der Waals surface area contributed by atoms with E-state index in [2.05, 4.69) is 15.6 Å². The van der Waals surface area contributed by atoms with Crippen molar-refractivity contribution in [3.63, 3.8) is 0 Å². The molecule has 23 heavy (non-hydrogen) atoms. The van der Waals surface area contributed by atoms with Crippen LogP contribution in [0.5, 0.6) is 0 Å². The number of hydrazine groups is 1. The lowest BCUT2D eigenvalue weighted by Crippen LogP contribution is -2.37. The summed E-state index contributed by atoms with van der Waals surface area (Å²) in [7, 11) is 1.68. The molecule has 0 unspecified atom stereocenters. The minimum absolute atomic E-state index is 0.00331. The highest BCUT2D eigenvalue weighted by Gasteiger charge is 2.28.